The highest BCUT2D eigenvalue weighted by Crippen LogP contribution is 2.16. The van der Waals surface area contributed by atoms with Crippen molar-refractivity contribution in [2.24, 2.45) is 0 Å². The normalized spacial score (nSPS) is 19.2. The number of rotatable bonds is 4. The molecule has 0 radical (unpaired) electrons. The fourth-order valence-electron chi connectivity index (χ4n) is 1.91. The third kappa shape index (κ3) is 2.88. The lowest BCUT2D eigenvalue weighted by atomic mass is 10.1. The Morgan fingerprint density at radius 1 is 1.56 bits per heavy atom. The molecule has 0 aliphatic carbocycles. The van der Waals surface area contributed by atoms with Crippen LogP contribution in [0.3, 0.4) is 0 Å². The van der Waals surface area contributed by atoms with E-state index in [9.17, 15) is 4.79 Å². The summed E-state index contributed by atoms with van der Waals surface area (Å²) in [5.74, 6) is 1.36. The Bertz CT molecular complexity index is 434. The van der Waals surface area contributed by atoms with Crippen LogP contribution < -0.4 is 16.0 Å². The minimum absolute atomic E-state index is 0.0456. The monoisotopic (exact) mass is 249 g/mol. The molecule has 0 spiro atoms. The molecule has 18 heavy (non-hydrogen) atoms. The minimum atomic E-state index is -0.193. The average Bonchev–Trinajstić information content (AvgIpc) is 2.36. The Labute approximate surface area is 107 Å². The van der Waals surface area contributed by atoms with Gasteiger partial charge >= 0.3 is 0 Å². The van der Waals surface area contributed by atoms with Gasteiger partial charge in [0.2, 0.25) is 11.9 Å². The van der Waals surface area contributed by atoms with Crippen molar-refractivity contribution in [1.29, 1.82) is 0 Å². The van der Waals surface area contributed by atoms with Gasteiger partial charge in [-0.2, -0.15) is 4.98 Å². The van der Waals surface area contributed by atoms with Gasteiger partial charge in [-0.25, -0.2) is 4.98 Å². The molecule has 0 aromatic carbocycles. The smallest absolute Gasteiger partial charge is 0.242 e. The summed E-state index contributed by atoms with van der Waals surface area (Å²) in [7, 11) is 0. The highest BCUT2D eigenvalue weighted by atomic mass is 16.2. The SMILES string of the molecule is CCNc1ncc(C)c(NC2CCCNC2=O)n1. The number of aryl methyl sites for hydroxylation is 1. The fraction of sp³-hybridized carbons (Fsp3) is 0.583. The summed E-state index contributed by atoms with van der Waals surface area (Å²) in [6.45, 7) is 5.46. The average molecular weight is 249 g/mol. The molecule has 1 aromatic heterocycles. The van der Waals surface area contributed by atoms with Crippen molar-refractivity contribution >= 4 is 17.7 Å². The lowest BCUT2D eigenvalue weighted by molar-refractivity contribution is -0.123. The number of hydrogen-bond donors (Lipinski definition) is 3. The Morgan fingerprint density at radius 3 is 3.11 bits per heavy atom. The molecule has 2 heterocycles. The Morgan fingerprint density at radius 2 is 2.39 bits per heavy atom. The number of carbonyl (C=O) groups excluding carboxylic acids is 1. The van der Waals surface area contributed by atoms with Crippen LogP contribution in [0.1, 0.15) is 25.3 Å². The molecule has 0 saturated carbocycles. The maximum absolute atomic E-state index is 11.7. The van der Waals surface area contributed by atoms with Crippen molar-refractivity contribution in [3.63, 3.8) is 0 Å². The summed E-state index contributed by atoms with van der Waals surface area (Å²) in [4.78, 5) is 20.2. The van der Waals surface area contributed by atoms with E-state index in [1.54, 1.807) is 6.20 Å². The predicted octanol–water partition coefficient (Wildman–Crippen LogP) is 0.907. The first kappa shape index (κ1) is 12.6. The van der Waals surface area contributed by atoms with Gasteiger partial charge in [0.15, 0.2) is 0 Å². The van der Waals surface area contributed by atoms with Gasteiger partial charge in [0, 0.05) is 24.8 Å². The summed E-state index contributed by atoms with van der Waals surface area (Å²) in [5, 5.41) is 9.11. The lowest BCUT2D eigenvalue weighted by Crippen LogP contribution is -2.44. The number of carbonyl (C=O) groups is 1. The molecule has 1 fully saturated rings. The Kier molecular flexibility index (Phi) is 3.96. The van der Waals surface area contributed by atoms with E-state index in [4.69, 9.17) is 0 Å². The van der Waals surface area contributed by atoms with Gasteiger partial charge < -0.3 is 16.0 Å². The van der Waals surface area contributed by atoms with Crippen molar-refractivity contribution in [3.05, 3.63) is 11.8 Å². The van der Waals surface area contributed by atoms with Crippen LogP contribution in [0.25, 0.3) is 0 Å². The minimum Gasteiger partial charge on any atom is -0.358 e. The van der Waals surface area contributed by atoms with Crippen molar-refractivity contribution in [3.8, 4) is 0 Å². The van der Waals surface area contributed by atoms with Gasteiger partial charge in [-0.15, -0.1) is 0 Å². The van der Waals surface area contributed by atoms with Crippen molar-refractivity contribution in [2.75, 3.05) is 23.7 Å². The molecule has 0 bridgehead atoms. The summed E-state index contributed by atoms with van der Waals surface area (Å²) < 4.78 is 0. The highest BCUT2D eigenvalue weighted by molar-refractivity contribution is 5.85. The van der Waals surface area contributed by atoms with Gasteiger partial charge in [0.25, 0.3) is 0 Å². The Balaban J connectivity index is 2.11. The third-order valence-corrected chi connectivity index (χ3v) is 2.90. The van der Waals surface area contributed by atoms with E-state index in [-0.39, 0.29) is 11.9 Å². The second-order valence-corrected chi connectivity index (χ2v) is 4.39. The number of piperidine rings is 1. The summed E-state index contributed by atoms with van der Waals surface area (Å²) >= 11 is 0. The lowest BCUT2D eigenvalue weighted by Gasteiger charge is -2.24. The number of hydrogen-bond acceptors (Lipinski definition) is 5. The first-order valence-corrected chi connectivity index (χ1v) is 6.32. The summed E-state index contributed by atoms with van der Waals surface area (Å²) in [5.41, 5.74) is 0.940. The molecule has 6 heteroatoms. The van der Waals surface area contributed by atoms with Gasteiger partial charge in [-0.05, 0) is 26.7 Å². The summed E-state index contributed by atoms with van der Waals surface area (Å²) in [6.07, 6.45) is 3.59. The quantitative estimate of drug-likeness (QED) is 0.739. The molecule has 1 aliphatic rings. The van der Waals surface area contributed by atoms with Crippen LogP contribution in [0, 0.1) is 6.92 Å². The van der Waals surface area contributed by atoms with E-state index in [1.165, 1.54) is 0 Å². The van der Waals surface area contributed by atoms with E-state index in [1.807, 2.05) is 13.8 Å². The largest absolute Gasteiger partial charge is 0.358 e. The molecule has 1 unspecified atom stereocenters. The zero-order valence-electron chi connectivity index (χ0n) is 10.8. The molecule has 1 atom stereocenters. The number of amides is 1. The molecule has 1 saturated heterocycles. The summed E-state index contributed by atoms with van der Waals surface area (Å²) in [6, 6.07) is -0.193. The van der Waals surface area contributed by atoms with Crippen molar-refractivity contribution in [2.45, 2.75) is 32.7 Å². The molecule has 1 aromatic rings. The maximum Gasteiger partial charge on any atom is 0.242 e. The van der Waals surface area contributed by atoms with E-state index in [0.717, 1.165) is 37.3 Å². The van der Waals surface area contributed by atoms with Gasteiger partial charge in [-0.3, -0.25) is 4.79 Å². The number of nitrogens with zero attached hydrogens (tertiary/aromatic N) is 2. The molecule has 6 nitrogen and oxygen atoms in total. The number of anilines is 2. The van der Waals surface area contributed by atoms with E-state index < -0.39 is 0 Å². The molecular formula is C12H19N5O. The number of aromatic nitrogens is 2. The van der Waals surface area contributed by atoms with Crippen molar-refractivity contribution < 1.29 is 4.79 Å². The zero-order chi connectivity index (χ0) is 13.0. The first-order chi connectivity index (χ1) is 8.70. The molecule has 1 amide bonds. The number of nitrogens with one attached hydrogen (secondary N) is 3. The van der Waals surface area contributed by atoms with Crippen LogP contribution >= 0.6 is 0 Å². The zero-order valence-corrected chi connectivity index (χ0v) is 10.8. The molecule has 3 N–H and O–H groups in total. The molecule has 2 rings (SSSR count). The molecule has 1 aliphatic heterocycles. The standard InChI is InChI=1S/C12H19N5O/c1-3-13-12-15-7-8(2)10(17-12)16-9-5-4-6-14-11(9)18/h7,9H,3-6H2,1-2H3,(H,14,18)(H2,13,15,16,17). The van der Waals surface area contributed by atoms with Crippen molar-refractivity contribution in [1.82, 2.24) is 15.3 Å². The van der Waals surface area contributed by atoms with Crippen LogP contribution in [-0.4, -0.2) is 35.0 Å². The molecular weight excluding hydrogens is 230 g/mol. The van der Waals surface area contributed by atoms with Crippen LogP contribution in [0.15, 0.2) is 6.20 Å². The second-order valence-electron chi connectivity index (χ2n) is 4.39. The van der Waals surface area contributed by atoms with Crippen LogP contribution in [0.5, 0.6) is 0 Å². The van der Waals surface area contributed by atoms with Crippen LogP contribution in [0.4, 0.5) is 11.8 Å². The maximum atomic E-state index is 11.7. The van der Waals surface area contributed by atoms with Gasteiger partial charge in [-0.1, -0.05) is 0 Å². The Hall–Kier alpha value is -1.85. The third-order valence-electron chi connectivity index (χ3n) is 2.90. The van der Waals surface area contributed by atoms with Crippen LogP contribution in [0.2, 0.25) is 0 Å². The van der Waals surface area contributed by atoms with Gasteiger partial charge in [0.05, 0.1) is 0 Å². The fourth-order valence-corrected chi connectivity index (χ4v) is 1.91. The highest BCUT2D eigenvalue weighted by Gasteiger charge is 2.22. The van der Waals surface area contributed by atoms with Crippen LogP contribution in [-0.2, 0) is 4.79 Å². The second kappa shape index (κ2) is 5.66. The van der Waals surface area contributed by atoms with E-state index in [2.05, 4.69) is 25.9 Å². The van der Waals surface area contributed by atoms with E-state index in [0.29, 0.717) is 5.95 Å². The van der Waals surface area contributed by atoms with E-state index >= 15 is 0 Å². The molecule has 98 valence electrons. The predicted molar refractivity (Wildman–Crippen MR) is 70.6 cm³/mol. The van der Waals surface area contributed by atoms with Gasteiger partial charge in [0.1, 0.15) is 11.9 Å². The topological polar surface area (TPSA) is 78.9 Å². The first-order valence-electron chi connectivity index (χ1n) is 6.32.